The zero-order valence-electron chi connectivity index (χ0n) is 12.6. The summed E-state index contributed by atoms with van der Waals surface area (Å²) in [4.78, 5) is 4.34. The number of aromatic nitrogens is 1. The third-order valence-electron chi connectivity index (χ3n) is 3.74. The van der Waals surface area contributed by atoms with E-state index in [1.165, 1.54) is 12.1 Å². The molecule has 0 amide bonds. The first kappa shape index (κ1) is 16.2. The van der Waals surface area contributed by atoms with Crippen molar-refractivity contribution < 1.29 is 13.2 Å². The van der Waals surface area contributed by atoms with Crippen LogP contribution in [0.2, 0.25) is 0 Å². The Labute approximate surface area is 137 Å². The Bertz CT molecular complexity index is 822. The molecular formula is C19H14F3N2. The Morgan fingerprint density at radius 1 is 0.917 bits per heavy atom. The van der Waals surface area contributed by atoms with Crippen LogP contribution in [0.5, 0.6) is 0 Å². The molecule has 1 radical (unpaired) electrons. The molecule has 0 saturated heterocycles. The second kappa shape index (κ2) is 6.45. The number of benzene rings is 2. The first-order chi connectivity index (χ1) is 11.5. The molecule has 0 atom stereocenters. The van der Waals surface area contributed by atoms with Crippen LogP contribution in [0.15, 0.2) is 60.8 Å². The highest BCUT2D eigenvalue weighted by Crippen LogP contribution is 2.33. The van der Waals surface area contributed by atoms with Gasteiger partial charge in [0.25, 0.3) is 0 Å². The molecule has 1 aromatic heterocycles. The maximum atomic E-state index is 12.7. The predicted molar refractivity (Wildman–Crippen MR) is 86.8 cm³/mol. The zero-order valence-corrected chi connectivity index (χ0v) is 12.6. The van der Waals surface area contributed by atoms with E-state index in [4.69, 9.17) is 5.73 Å². The lowest BCUT2D eigenvalue weighted by atomic mass is 9.98. The lowest BCUT2D eigenvalue weighted by Gasteiger charge is -2.11. The minimum Gasteiger partial charge on any atom is -0.326 e. The van der Waals surface area contributed by atoms with Crippen molar-refractivity contribution in [3.8, 4) is 22.4 Å². The summed E-state index contributed by atoms with van der Waals surface area (Å²) in [5.41, 5.74) is 8.87. The molecule has 0 unspecified atom stereocenters. The minimum absolute atomic E-state index is 0.446. The number of halogens is 3. The summed E-state index contributed by atoms with van der Waals surface area (Å²) >= 11 is 0. The van der Waals surface area contributed by atoms with E-state index < -0.39 is 11.7 Å². The molecule has 0 bridgehead atoms. The van der Waals surface area contributed by atoms with Crippen LogP contribution in [-0.2, 0) is 12.7 Å². The molecule has 0 saturated carbocycles. The summed E-state index contributed by atoms with van der Waals surface area (Å²) in [6.07, 6.45) is -2.81. The summed E-state index contributed by atoms with van der Waals surface area (Å²) in [6.45, 7) is 0.446. The van der Waals surface area contributed by atoms with Crippen molar-refractivity contribution in [1.29, 1.82) is 0 Å². The molecule has 1 heterocycles. The third-order valence-corrected chi connectivity index (χ3v) is 3.74. The van der Waals surface area contributed by atoms with Gasteiger partial charge in [0.2, 0.25) is 0 Å². The Morgan fingerprint density at radius 3 is 2.12 bits per heavy atom. The highest BCUT2D eigenvalue weighted by molar-refractivity contribution is 5.80. The first-order valence-electron chi connectivity index (χ1n) is 7.32. The fourth-order valence-electron chi connectivity index (χ4n) is 2.45. The van der Waals surface area contributed by atoms with Gasteiger partial charge in [-0.3, -0.25) is 4.98 Å². The van der Waals surface area contributed by atoms with Crippen LogP contribution >= 0.6 is 0 Å². The van der Waals surface area contributed by atoms with E-state index in [9.17, 15) is 13.2 Å². The standard InChI is InChI=1S/C19H14F3N2/c20-19(21,22)16-9-7-14(8-10-16)17-2-1-11-24-18(17)15-5-3-13(12-23)4-6-15/h2-11H,12,23H2. The van der Waals surface area contributed by atoms with Crippen molar-refractivity contribution in [2.45, 2.75) is 12.7 Å². The van der Waals surface area contributed by atoms with Crippen LogP contribution in [0, 0.1) is 6.07 Å². The van der Waals surface area contributed by atoms with E-state index in [0.29, 0.717) is 17.8 Å². The molecule has 5 heteroatoms. The van der Waals surface area contributed by atoms with Crippen LogP contribution in [0.3, 0.4) is 0 Å². The van der Waals surface area contributed by atoms with Gasteiger partial charge >= 0.3 is 6.18 Å². The molecule has 2 aromatic carbocycles. The van der Waals surface area contributed by atoms with Crippen molar-refractivity contribution in [1.82, 2.24) is 4.98 Å². The fraction of sp³-hybridized carbons (Fsp3) is 0.105. The molecule has 0 spiro atoms. The average Bonchev–Trinajstić information content (AvgIpc) is 2.61. The average molecular weight is 327 g/mol. The lowest BCUT2D eigenvalue weighted by Crippen LogP contribution is -2.04. The van der Waals surface area contributed by atoms with Crippen molar-refractivity contribution in [3.05, 3.63) is 78.0 Å². The molecule has 0 aliphatic heterocycles. The number of pyridine rings is 1. The van der Waals surface area contributed by atoms with Gasteiger partial charge in [-0.15, -0.1) is 0 Å². The van der Waals surface area contributed by atoms with E-state index in [-0.39, 0.29) is 0 Å². The maximum absolute atomic E-state index is 12.7. The SMILES string of the molecule is NCc1ccc(-c2nc[c]cc2-c2ccc(C(F)(F)F)cc2)cc1. The molecule has 2 nitrogen and oxygen atoms in total. The van der Waals surface area contributed by atoms with Gasteiger partial charge in [-0.1, -0.05) is 36.4 Å². The largest absolute Gasteiger partial charge is 0.416 e. The molecule has 0 fully saturated rings. The van der Waals surface area contributed by atoms with Gasteiger partial charge < -0.3 is 5.73 Å². The van der Waals surface area contributed by atoms with Crippen molar-refractivity contribution in [2.75, 3.05) is 0 Å². The molecule has 3 rings (SSSR count). The summed E-state index contributed by atoms with van der Waals surface area (Å²) in [7, 11) is 0. The first-order valence-corrected chi connectivity index (χ1v) is 7.32. The predicted octanol–water partition coefficient (Wildman–Crippen LogP) is 4.69. The monoisotopic (exact) mass is 327 g/mol. The maximum Gasteiger partial charge on any atom is 0.416 e. The van der Waals surface area contributed by atoms with E-state index >= 15 is 0 Å². The van der Waals surface area contributed by atoms with E-state index in [1.54, 1.807) is 12.3 Å². The molecule has 3 aromatic rings. The summed E-state index contributed by atoms with van der Waals surface area (Å²) in [5, 5.41) is 0. The van der Waals surface area contributed by atoms with Gasteiger partial charge in [0.15, 0.2) is 0 Å². The Kier molecular flexibility index (Phi) is 4.36. The topological polar surface area (TPSA) is 38.9 Å². The minimum atomic E-state index is -4.35. The second-order valence-corrected chi connectivity index (χ2v) is 5.31. The third kappa shape index (κ3) is 3.31. The van der Waals surface area contributed by atoms with Crippen LogP contribution in [-0.4, -0.2) is 4.98 Å². The quantitative estimate of drug-likeness (QED) is 0.758. The number of nitrogens with two attached hydrogens (primary N) is 1. The van der Waals surface area contributed by atoms with E-state index in [1.807, 2.05) is 24.3 Å². The molecule has 24 heavy (non-hydrogen) atoms. The van der Waals surface area contributed by atoms with Gasteiger partial charge in [-0.2, -0.15) is 13.2 Å². The van der Waals surface area contributed by atoms with Gasteiger partial charge in [0.05, 0.1) is 11.3 Å². The van der Waals surface area contributed by atoms with Crippen LogP contribution in [0.25, 0.3) is 22.4 Å². The fourth-order valence-corrected chi connectivity index (χ4v) is 2.45. The molecule has 2 N–H and O–H groups in total. The van der Waals surface area contributed by atoms with Gasteiger partial charge in [0.1, 0.15) is 0 Å². The van der Waals surface area contributed by atoms with Crippen molar-refractivity contribution in [3.63, 3.8) is 0 Å². The van der Waals surface area contributed by atoms with Crippen LogP contribution < -0.4 is 5.73 Å². The number of alkyl halides is 3. The van der Waals surface area contributed by atoms with Gasteiger partial charge in [-0.25, -0.2) is 0 Å². The Balaban J connectivity index is 2.02. The Morgan fingerprint density at radius 2 is 1.54 bits per heavy atom. The van der Waals surface area contributed by atoms with Gasteiger partial charge in [0, 0.05) is 29.9 Å². The van der Waals surface area contributed by atoms with E-state index in [2.05, 4.69) is 11.1 Å². The molecule has 0 aliphatic rings. The summed E-state index contributed by atoms with van der Waals surface area (Å²) in [5.74, 6) is 0. The zero-order chi connectivity index (χ0) is 17.2. The highest BCUT2D eigenvalue weighted by atomic mass is 19.4. The molecular weight excluding hydrogens is 313 g/mol. The summed E-state index contributed by atoms with van der Waals surface area (Å²) in [6, 6.07) is 17.3. The molecule has 0 aliphatic carbocycles. The second-order valence-electron chi connectivity index (χ2n) is 5.31. The van der Waals surface area contributed by atoms with Crippen LogP contribution in [0.4, 0.5) is 13.2 Å². The highest BCUT2D eigenvalue weighted by Gasteiger charge is 2.30. The van der Waals surface area contributed by atoms with Gasteiger partial charge in [-0.05, 0) is 29.3 Å². The van der Waals surface area contributed by atoms with Crippen LogP contribution in [0.1, 0.15) is 11.1 Å². The number of rotatable bonds is 3. The Hall–Kier alpha value is -2.66. The normalized spacial score (nSPS) is 11.5. The van der Waals surface area contributed by atoms with E-state index in [0.717, 1.165) is 28.8 Å². The number of nitrogens with zero attached hydrogens (tertiary/aromatic N) is 1. The smallest absolute Gasteiger partial charge is 0.326 e. The number of hydrogen-bond donors (Lipinski definition) is 1. The molecule has 121 valence electrons. The van der Waals surface area contributed by atoms with Crippen molar-refractivity contribution in [2.24, 2.45) is 5.73 Å². The summed E-state index contributed by atoms with van der Waals surface area (Å²) < 4.78 is 38.1. The van der Waals surface area contributed by atoms with Crippen molar-refractivity contribution >= 4 is 0 Å². The number of hydrogen-bond acceptors (Lipinski definition) is 2. The lowest BCUT2D eigenvalue weighted by molar-refractivity contribution is -0.137.